The van der Waals surface area contributed by atoms with Crippen molar-refractivity contribution in [1.29, 1.82) is 0 Å². The molecule has 0 amide bonds. The number of methoxy groups -OCH3 is 2. The molecule has 0 aromatic carbocycles. The molecule has 94 valence electrons. The van der Waals surface area contributed by atoms with Crippen LogP contribution in [0.4, 0.5) is 0 Å². The van der Waals surface area contributed by atoms with E-state index in [1.165, 1.54) is 18.0 Å². The van der Waals surface area contributed by atoms with E-state index in [0.29, 0.717) is 17.3 Å². The zero-order chi connectivity index (χ0) is 13.1. The van der Waals surface area contributed by atoms with Crippen molar-refractivity contribution in [3.8, 4) is 11.7 Å². The molecule has 2 rings (SSSR count). The van der Waals surface area contributed by atoms with Gasteiger partial charge in [-0.15, -0.1) is 0 Å². The maximum atomic E-state index is 11.3. The average Bonchev–Trinajstić information content (AvgIpc) is 2.79. The highest BCUT2D eigenvalue weighted by Crippen LogP contribution is 2.26. The molecule has 0 spiro atoms. The Morgan fingerprint density at radius 1 is 1.33 bits per heavy atom. The maximum absolute atomic E-state index is 11.3. The zero-order valence-electron chi connectivity index (χ0n) is 9.75. The van der Waals surface area contributed by atoms with E-state index in [2.05, 4.69) is 30.7 Å². The fourth-order valence-corrected chi connectivity index (χ4v) is 1.84. The first-order valence-corrected chi connectivity index (χ1v) is 5.79. The number of carbonyl (C=O) groups is 1. The normalized spacial score (nSPS) is 10.2. The molecule has 0 aliphatic rings. The fraction of sp³-hybridized carbons (Fsp3) is 0.182. The molecule has 0 aliphatic heterocycles. The molecule has 18 heavy (non-hydrogen) atoms. The molecular weight excluding hydrogens is 302 g/mol. The summed E-state index contributed by atoms with van der Waals surface area (Å²) in [5.74, 6) is 0.654. The molecule has 0 fully saturated rings. The molecule has 0 aliphatic carbocycles. The van der Waals surface area contributed by atoms with Crippen molar-refractivity contribution in [2.45, 2.75) is 0 Å². The van der Waals surface area contributed by atoms with E-state index in [1.54, 1.807) is 25.4 Å². The molecule has 2 aromatic rings. The number of pyridine rings is 1. The zero-order valence-corrected chi connectivity index (χ0v) is 11.3. The molecule has 0 saturated heterocycles. The van der Waals surface area contributed by atoms with Crippen molar-refractivity contribution >= 4 is 21.9 Å². The van der Waals surface area contributed by atoms with Crippen molar-refractivity contribution in [2.75, 3.05) is 14.2 Å². The third kappa shape index (κ3) is 2.21. The lowest BCUT2D eigenvalue weighted by Crippen LogP contribution is -2.05. The minimum Gasteiger partial charge on any atom is -0.480 e. The topological polar surface area (TPSA) is 66.2 Å². The summed E-state index contributed by atoms with van der Waals surface area (Å²) in [5, 5.41) is 4.12. The maximum Gasteiger partial charge on any atom is 0.339 e. The minimum absolute atomic E-state index is 0.381. The van der Waals surface area contributed by atoms with Crippen LogP contribution in [0.15, 0.2) is 29.0 Å². The standard InChI is InChI=1S/C11H10BrN3O3/c1-17-10-8(12)6-14-15(10)9-4-3-7(5-13-9)11(16)18-2/h3-6H,1-2H3. The van der Waals surface area contributed by atoms with Gasteiger partial charge in [0, 0.05) is 6.20 Å². The predicted molar refractivity (Wildman–Crippen MR) is 67.0 cm³/mol. The van der Waals surface area contributed by atoms with Gasteiger partial charge in [0.25, 0.3) is 0 Å². The van der Waals surface area contributed by atoms with Crippen LogP contribution in [-0.2, 0) is 4.74 Å². The van der Waals surface area contributed by atoms with Gasteiger partial charge in [-0.05, 0) is 28.1 Å². The van der Waals surface area contributed by atoms with E-state index in [9.17, 15) is 4.79 Å². The molecule has 2 heterocycles. The lowest BCUT2D eigenvalue weighted by Gasteiger charge is -2.06. The second kappa shape index (κ2) is 5.18. The highest BCUT2D eigenvalue weighted by Gasteiger charge is 2.12. The van der Waals surface area contributed by atoms with E-state index in [0.717, 1.165) is 4.47 Å². The molecular formula is C11H10BrN3O3. The van der Waals surface area contributed by atoms with Gasteiger partial charge in [0.05, 0.1) is 30.5 Å². The summed E-state index contributed by atoms with van der Waals surface area (Å²) in [6.07, 6.45) is 3.03. The summed E-state index contributed by atoms with van der Waals surface area (Å²) in [6.45, 7) is 0. The number of esters is 1. The Hall–Kier alpha value is -1.89. The molecule has 2 aromatic heterocycles. The van der Waals surface area contributed by atoms with Crippen LogP contribution < -0.4 is 4.74 Å². The second-order valence-corrected chi connectivity index (χ2v) is 4.16. The highest BCUT2D eigenvalue weighted by atomic mass is 79.9. The van der Waals surface area contributed by atoms with Gasteiger partial charge in [-0.3, -0.25) is 0 Å². The molecule has 0 atom stereocenters. The van der Waals surface area contributed by atoms with Gasteiger partial charge in [-0.25, -0.2) is 9.78 Å². The first kappa shape index (κ1) is 12.6. The first-order chi connectivity index (χ1) is 8.67. The predicted octanol–water partition coefficient (Wildman–Crippen LogP) is 1.82. The number of rotatable bonds is 3. The average molecular weight is 312 g/mol. The van der Waals surface area contributed by atoms with Crippen LogP contribution in [0.2, 0.25) is 0 Å². The van der Waals surface area contributed by atoms with Crippen LogP contribution in [0, 0.1) is 0 Å². The number of hydrogen-bond donors (Lipinski definition) is 0. The van der Waals surface area contributed by atoms with Crippen molar-refractivity contribution in [3.63, 3.8) is 0 Å². The molecule has 0 N–H and O–H groups in total. The minimum atomic E-state index is -0.428. The van der Waals surface area contributed by atoms with Crippen molar-refractivity contribution in [3.05, 3.63) is 34.6 Å². The molecule has 0 bridgehead atoms. The first-order valence-electron chi connectivity index (χ1n) is 4.99. The lowest BCUT2D eigenvalue weighted by molar-refractivity contribution is 0.0600. The number of aromatic nitrogens is 3. The van der Waals surface area contributed by atoms with Crippen molar-refractivity contribution in [1.82, 2.24) is 14.8 Å². The molecule has 7 heteroatoms. The van der Waals surface area contributed by atoms with Gasteiger partial charge in [0.1, 0.15) is 0 Å². The smallest absolute Gasteiger partial charge is 0.339 e. The third-order valence-corrected chi connectivity index (χ3v) is 2.81. The number of hydrogen-bond acceptors (Lipinski definition) is 5. The monoisotopic (exact) mass is 311 g/mol. The highest BCUT2D eigenvalue weighted by molar-refractivity contribution is 9.10. The van der Waals surface area contributed by atoms with Crippen LogP contribution in [0.25, 0.3) is 5.82 Å². The van der Waals surface area contributed by atoms with Crippen LogP contribution in [-0.4, -0.2) is 35.0 Å². The van der Waals surface area contributed by atoms with Gasteiger partial charge in [-0.1, -0.05) is 0 Å². The lowest BCUT2D eigenvalue weighted by atomic mass is 10.3. The Bertz CT molecular complexity index is 565. The summed E-state index contributed by atoms with van der Waals surface area (Å²) in [7, 11) is 2.87. The van der Waals surface area contributed by atoms with Crippen LogP contribution in [0.5, 0.6) is 5.88 Å². The van der Waals surface area contributed by atoms with E-state index in [1.807, 2.05) is 0 Å². The van der Waals surface area contributed by atoms with Crippen molar-refractivity contribution < 1.29 is 14.3 Å². The largest absolute Gasteiger partial charge is 0.480 e. The Labute approximate surface area is 112 Å². The van der Waals surface area contributed by atoms with Crippen LogP contribution >= 0.6 is 15.9 Å². The van der Waals surface area contributed by atoms with Gasteiger partial charge < -0.3 is 9.47 Å². The molecule has 6 nitrogen and oxygen atoms in total. The van der Waals surface area contributed by atoms with E-state index < -0.39 is 5.97 Å². The van der Waals surface area contributed by atoms with Crippen LogP contribution in [0.3, 0.4) is 0 Å². The second-order valence-electron chi connectivity index (χ2n) is 3.31. The van der Waals surface area contributed by atoms with Crippen molar-refractivity contribution in [2.24, 2.45) is 0 Å². The SMILES string of the molecule is COC(=O)c1ccc(-n2ncc(Br)c2OC)nc1. The van der Waals surface area contributed by atoms with Crippen LogP contribution in [0.1, 0.15) is 10.4 Å². The Morgan fingerprint density at radius 2 is 2.11 bits per heavy atom. The molecule has 0 saturated carbocycles. The number of carbonyl (C=O) groups excluding carboxylic acids is 1. The summed E-state index contributed by atoms with van der Waals surface area (Å²) >= 11 is 3.31. The van der Waals surface area contributed by atoms with Gasteiger partial charge in [0.2, 0.25) is 5.88 Å². The Balaban J connectivity index is 2.37. The number of nitrogens with zero attached hydrogens (tertiary/aromatic N) is 3. The summed E-state index contributed by atoms with van der Waals surface area (Å²) in [4.78, 5) is 15.4. The number of ether oxygens (including phenoxy) is 2. The van der Waals surface area contributed by atoms with Gasteiger partial charge in [-0.2, -0.15) is 9.78 Å². The van der Waals surface area contributed by atoms with E-state index in [-0.39, 0.29) is 0 Å². The third-order valence-electron chi connectivity index (χ3n) is 2.26. The Kier molecular flexibility index (Phi) is 3.61. The molecule has 0 radical (unpaired) electrons. The quantitative estimate of drug-likeness (QED) is 0.809. The summed E-state index contributed by atoms with van der Waals surface area (Å²) in [6, 6.07) is 3.28. The van der Waals surface area contributed by atoms with E-state index in [4.69, 9.17) is 4.74 Å². The van der Waals surface area contributed by atoms with E-state index >= 15 is 0 Å². The molecule has 0 unspecified atom stereocenters. The Morgan fingerprint density at radius 3 is 2.67 bits per heavy atom. The van der Waals surface area contributed by atoms with Gasteiger partial charge >= 0.3 is 5.97 Å². The summed E-state index contributed by atoms with van der Waals surface area (Å²) in [5.41, 5.74) is 0.381. The summed E-state index contributed by atoms with van der Waals surface area (Å²) < 4.78 is 12.0. The number of halogens is 1. The fourth-order valence-electron chi connectivity index (χ4n) is 1.41. The van der Waals surface area contributed by atoms with Gasteiger partial charge in [0.15, 0.2) is 5.82 Å².